The Kier molecular flexibility index (Phi) is 3.08. The Balaban J connectivity index is 1.70. The lowest BCUT2D eigenvalue weighted by Crippen LogP contribution is -2.35. The molecule has 0 saturated heterocycles. The Bertz CT molecular complexity index is 801. The van der Waals surface area contributed by atoms with Gasteiger partial charge in [-0.05, 0) is 17.7 Å². The highest BCUT2D eigenvalue weighted by molar-refractivity contribution is 6.03. The summed E-state index contributed by atoms with van der Waals surface area (Å²) in [7, 11) is 0. The Morgan fingerprint density at radius 1 is 1.00 bits per heavy atom. The summed E-state index contributed by atoms with van der Waals surface area (Å²) in [4.78, 5) is 26.1. The van der Waals surface area contributed by atoms with Crippen LogP contribution in [0.2, 0.25) is 0 Å². The highest BCUT2D eigenvalue weighted by atomic mass is 16.5. The molecule has 0 fully saturated rings. The molecular weight excluding hydrogens is 294 g/mol. The van der Waals surface area contributed by atoms with Crippen molar-refractivity contribution in [1.82, 2.24) is 0 Å². The molecule has 116 valence electrons. The molecule has 2 heterocycles. The number of carboxylic acids is 1. The fraction of sp³-hybridized carbons (Fsp3) is 0.222. The van der Waals surface area contributed by atoms with Gasteiger partial charge in [-0.15, -0.1) is 0 Å². The van der Waals surface area contributed by atoms with Gasteiger partial charge in [0.05, 0.1) is 0 Å². The van der Waals surface area contributed by atoms with Crippen LogP contribution in [0.5, 0.6) is 5.75 Å². The van der Waals surface area contributed by atoms with Gasteiger partial charge >= 0.3 is 5.97 Å². The minimum atomic E-state index is -0.907. The lowest BCUT2D eigenvalue weighted by atomic mass is 10.00. The number of benzene rings is 2. The smallest absolute Gasteiger partial charge is 0.312 e. The van der Waals surface area contributed by atoms with Crippen LogP contribution in [0.1, 0.15) is 23.0 Å². The van der Waals surface area contributed by atoms with E-state index < -0.39 is 11.9 Å². The van der Waals surface area contributed by atoms with Crippen LogP contribution in [0.3, 0.4) is 0 Å². The van der Waals surface area contributed by atoms with Gasteiger partial charge in [-0.1, -0.05) is 36.4 Å². The van der Waals surface area contributed by atoms with Gasteiger partial charge in [0.15, 0.2) is 0 Å². The number of anilines is 1. The molecule has 0 saturated carbocycles. The molecule has 2 atom stereocenters. The molecule has 1 N–H and O–H groups in total. The van der Waals surface area contributed by atoms with Crippen molar-refractivity contribution in [2.24, 2.45) is 0 Å². The van der Waals surface area contributed by atoms with Crippen molar-refractivity contribution in [2.45, 2.75) is 11.8 Å². The fourth-order valence-corrected chi connectivity index (χ4v) is 3.38. The van der Waals surface area contributed by atoms with Crippen molar-refractivity contribution in [1.29, 1.82) is 0 Å². The molecule has 5 nitrogen and oxygen atoms in total. The molecule has 0 aliphatic carbocycles. The summed E-state index contributed by atoms with van der Waals surface area (Å²) in [6.07, 6.45) is 0. The number of ether oxygens (including phenoxy) is 1. The van der Waals surface area contributed by atoms with Crippen LogP contribution in [0.4, 0.5) is 5.69 Å². The van der Waals surface area contributed by atoms with Gasteiger partial charge in [0, 0.05) is 17.8 Å². The molecule has 2 aliphatic rings. The van der Waals surface area contributed by atoms with E-state index in [-0.39, 0.29) is 18.4 Å². The predicted molar refractivity (Wildman–Crippen MR) is 83.8 cm³/mol. The molecule has 2 aromatic carbocycles. The summed E-state index contributed by atoms with van der Waals surface area (Å²) in [6.45, 7) is 0.473. The van der Waals surface area contributed by atoms with Gasteiger partial charge in [0.25, 0.3) is 0 Å². The number of rotatable bonds is 2. The van der Waals surface area contributed by atoms with Crippen LogP contribution >= 0.6 is 0 Å². The topological polar surface area (TPSA) is 66.8 Å². The van der Waals surface area contributed by atoms with E-state index in [1.807, 2.05) is 30.3 Å². The number of hydrogen-bond acceptors (Lipinski definition) is 3. The Morgan fingerprint density at radius 3 is 2.48 bits per heavy atom. The van der Waals surface area contributed by atoms with Crippen LogP contribution < -0.4 is 9.64 Å². The Labute approximate surface area is 133 Å². The first kappa shape index (κ1) is 13.8. The van der Waals surface area contributed by atoms with Gasteiger partial charge in [-0.3, -0.25) is 9.59 Å². The number of para-hydroxylation sites is 2. The number of amides is 1. The third-order valence-corrected chi connectivity index (χ3v) is 4.53. The predicted octanol–water partition coefficient (Wildman–Crippen LogP) is 2.38. The summed E-state index contributed by atoms with van der Waals surface area (Å²) >= 11 is 0. The van der Waals surface area contributed by atoms with E-state index in [1.165, 1.54) is 0 Å². The molecular formula is C18H15NO4. The molecule has 0 unspecified atom stereocenters. The first-order chi connectivity index (χ1) is 11.2. The molecule has 23 heavy (non-hydrogen) atoms. The maximum atomic E-state index is 13.0. The molecule has 2 aliphatic heterocycles. The normalized spacial score (nSPS) is 21.5. The van der Waals surface area contributed by atoms with Crippen LogP contribution in [0, 0.1) is 0 Å². The average molecular weight is 309 g/mol. The molecule has 0 bridgehead atoms. The number of nitrogens with zero attached hydrogens (tertiary/aromatic N) is 1. The second kappa shape index (κ2) is 5.12. The zero-order valence-electron chi connectivity index (χ0n) is 12.3. The third kappa shape index (κ3) is 2.08. The van der Waals surface area contributed by atoms with Gasteiger partial charge < -0.3 is 14.7 Å². The highest BCUT2D eigenvalue weighted by Gasteiger charge is 2.41. The van der Waals surface area contributed by atoms with Gasteiger partial charge in [-0.25, -0.2) is 0 Å². The fourth-order valence-electron chi connectivity index (χ4n) is 3.38. The second-order valence-electron chi connectivity index (χ2n) is 5.80. The van der Waals surface area contributed by atoms with Crippen molar-refractivity contribution in [3.63, 3.8) is 0 Å². The highest BCUT2D eigenvalue weighted by Crippen LogP contribution is 2.41. The number of carbonyl (C=O) groups excluding carboxylic acids is 1. The molecule has 5 heteroatoms. The minimum Gasteiger partial charge on any atom is -0.492 e. The molecule has 0 aromatic heterocycles. The van der Waals surface area contributed by atoms with E-state index in [2.05, 4.69) is 0 Å². The zero-order valence-corrected chi connectivity index (χ0v) is 12.3. The van der Waals surface area contributed by atoms with Crippen molar-refractivity contribution in [3.05, 3.63) is 59.7 Å². The molecule has 0 spiro atoms. The lowest BCUT2D eigenvalue weighted by Gasteiger charge is -2.21. The van der Waals surface area contributed by atoms with E-state index in [9.17, 15) is 14.7 Å². The lowest BCUT2D eigenvalue weighted by molar-refractivity contribution is -0.138. The van der Waals surface area contributed by atoms with E-state index in [4.69, 9.17) is 4.74 Å². The quantitative estimate of drug-likeness (QED) is 0.925. The number of carboxylic acid groups (broad SMARTS) is 1. The maximum absolute atomic E-state index is 13.0. The van der Waals surface area contributed by atoms with Crippen LogP contribution in [-0.2, 0) is 9.59 Å². The summed E-state index contributed by atoms with van der Waals surface area (Å²) < 4.78 is 5.59. The maximum Gasteiger partial charge on any atom is 0.312 e. The standard InChI is InChI=1S/C18H15NO4/c20-17(14-10-23-16-8-4-2-6-12(14)16)19-9-13(18(21)22)11-5-1-3-7-15(11)19/h1-8,13-14H,9-10H2,(H,21,22)/t13-,14-/m0/s1. The SMILES string of the molecule is O=C(O)[C@H]1CN(C(=O)[C@H]2COc3ccccc32)c2ccccc21. The van der Waals surface area contributed by atoms with Crippen molar-refractivity contribution in [3.8, 4) is 5.75 Å². The largest absolute Gasteiger partial charge is 0.492 e. The summed E-state index contributed by atoms with van der Waals surface area (Å²) in [5, 5.41) is 9.42. The van der Waals surface area contributed by atoms with Crippen LogP contribution in [-0.4, -0.2) is 30.1 Å². The van der Waals surface area contributed by atoms with E-state index >= 15 is 0 Å². The first-order valence-corrected chi connectivity index (χ1v) is 7.51. The van der Waals surface area contributed by atoms with Crippen LogP contribution in [0.25, 0.3) is 0 Å². The molecule has 1 amide bonds. The number of fused-ring (bicyclic) bond motifs is 2. The first-order valence-electron chi connectivity index (χ1n) is 7.51. The summed E-state index contributed by atoms with van der Waals surface area (Å²) in [6, 6.07) is 14.7. The van der Waals surface area contributed by atoms with Gasteiger partial charge in [0.2, 0.25) is 5.91 Å². The number of aliphatic carboxylic acids is 1. The van der Waals surface area contributed by atoms with E-state index in [0.717, 1.165) is 11.3 Å². The molecule has 0 radical (unpaired) electrons. The van der Waals surface area contributed by atoms with Crippen molar-refractivity contribution < 1.29 is 19.4 Å². The minimum absolute atomic E-state index is 0.105. The third-order valence-electron chi connectivity index (χ3n) is 4.53. The summed E-state index contributed by atoms with van der Waals surface area (Å²) in [5.74, 6) is -1.34. The van der Waals surface area contributed by atoms with Crippen LogP contribution in [0.15, 0.2) is 48.5 Å². The van der Waals surface area contributed by atoms with Crippen molar-refractivity contribution >= 4 is 17.6 Å². The second-order valence-corrected chi connectivity index (χ2v) is 5.80. The molecule has 4 rings (SSSR count). The monoisotopic (exact) mass is 309 g/mol. The Morgan fingerprint density at radius 2 is 1.70 bits per heavy atom. The zero-order chi connectivity index (χ0) is 16.0. The van der Waals surface area contributed by atoms with Gasteiger partial charge in [-0.2, -0.15) is 0 Å². The number of carbonyl (C=O) groups is 2. The van der Waals surface area contributed by atoms with Crippen molar-refractivity contribution in [2.75, 3.05) is 18.1 Å². The molecule has 2 aromatic rings. The Hall–Kier alpha value is -2.82. The number of hydrogen-bond donors (Lipinski definition) is 1. The summed E-state index contributed by atoms with van der Waals surface area (Å²) in [5.41, 5.74) is 2.25. The van der Waals surface area contributed by atoms with E-state index in [0.29, 0.717) is 17.9 Å². The van der Waals surface area contributed by atoms with E-state index in [1.54, 1.807) is 23.1 Å². The average Bonchev–Trinajstić information content (AvgIpc) is 3.16. The van der Waals surface area contributed by atoms with Gasteiger partial charge in [0.1, 0.15) is 24.2 Å².